The predicted octanol–water partition coefficient (Wildman–Crippen LogP) is 1.82. The minimum Gasteiger partial charge on any atom is -0.444 e. The lowest BCUT2D eigenvalue weighted by atomic mass is 10.1. The first-order valence-electron chi connectivity index (χ1n) is 6.33. The number of alkyl carbamates (subject to hydrolysis) is 1. The number of hydrogen-bond donors (Lipinski definition) is 2. The molecular weight excluding hydrogens is 244 g/mol. The maximum absolute atomic E-state index is 11.6. The quantitative estimate of drug-likeness (QED) is 0.872. The van der Waals surface area contributed by atoms with E-state index in [-0.39, 0.29) is 6.61 Å². The van der Waals surface area contributed by atoms with Gasteiger partial charge in [0.05, 0.1) is 12.6 Å². The molecule has 5 heteroatoms. The maximum atomic E-state index is 11.6. The van der Waals surface area contributed by atoms with Gasteiger partial charge in [-0.2, -0.15) is 0 Å². The van der Waals surface area contributed by atoms with Crippen LogP contribution in [-0.2, 0) is 11.2 Å². The lowest BCUT2D eigenvalue weighted by molar-refractivity contribution is 0.0482. The molecule has 1 heterocycles. The number of carbonyl (C=O) groups excluding carboxylic acids is 1. The zero-order valence-electron chi connectivity index (χ0n) is 11.9. The minimum atomic E-state index is -0.550. The van der Waals surface area contributed by atoms with Gasteiger partial charge in [0.25, 0.3) is 0 Å². The summed E-state index contributed by atoms with van der Waals surface area (Å²) >= 11 is 0. The molecule has 0 saturated carbocycles. The highest BCUT2D eigenvalue weighted by atomic mass is 16.6. The highest BCUT2D eigenvalue weighted by molar-refractivity contribution is 5.68. The fourth-order valence-corrected chi connectivity index (χ4v) is 1.60. The Morgan fingerprint density at radius 2 is 2.16 bits per heavy atom. The van der Waals surface area contributed by atoms with E-state index in [1.807, 2.05) is 25.1 Å². The topological polar surface area (TPSA) is 71.5 Å². The van der Waals surface area contributed by atoms with Gasteiger partial charge in [0.2, 0.25) is 0 Å². The van der Waals surface area contributed by atoms with Crippen LogP contribution in [0.5, 0.6) is 0 Å². The fourth-order valence-electron chi connectivity index (χ4n) is 1.60. The molecule has 1 unspecified atom stereocenters. The second-order valence-electron chi connectivity index (χ2n) is 5.50. The number of aryl methyl sites for hydroxylation is 1. The van der Waals surface area contributed by atoms with Crippen molar-refractivity contribution in [3.05, 3.63) is 29.6 Å². The Morgan fingerprint density at radius 1 is 1.47 bits per heavy atom. The van der Waals surface area contributed by atoms with Crippen molar-refractivity contribution >= 4 is 6.09 Å². The smallest absolute Gasteiger partial charge is 0.407 e. The molecule has 19 heavy (non-hydrogen) atoms. The van der Waals surface area contributed by atoms with Crippen molar-refractivity contribution < 1.29 is 14.6 Å². The number of nitrogens with one attached hydrogen (secondary N) is 1. The Hall–Kier alpha value is -1.62. The van der Waals surface area contributed by atoms with Crippen LogP contribution in [0.4, 0.5) is 4.79 Å². The van der Waals surface area contributed by atoms with Crippen molar-refractivity contribution in [1.29, 1.82) is 0 Å². The zero-order chi connectivity index (χ0) is 14.5. The number of amides is 1. The second-order valence-corrected chi connectivity index (χ2v) is 5.50. The normalized spacial score (nSPS) is 12.9. The Morgan fingerprint density at radius 3 is 2.68 bits per heavy atom. The molecular formula is C14H22N2O3. The number of hydrogen-bond acceptors (Lipinski definition) is 4. The number of aliphatic hydroxyl groups is 1. The summed E-state index contributed by atoms with van der Waals surface area (Å²) < 4.78 is 5.15. The molecule has 0 fully saturated rings. The molecule has 106 valence electrons. The van der Waals surface area contributed by atoms with Crippen molar-refractivity contribution in [2.24, 2.45) is 0 Å². The van der Waals surface area contributed by atoms with Gasteiger partial charge < -0.3 is 15.2 Å². The summed E-state index contributed by atoms with van der Waals surface area (Å²) in [6.45, 7) is 7.13. The van der Waals surface area contributed by atoms with E-state index in [4.69, 9.17) is 4.74 Å². The molecule has 0 spiro atoms. The number of ether oxygens (including phenoxy) is 1. The van der Waals surface area contributed by atoms with E-state index in [0.717, 1.165) is 11.4 Å². The van der Waals surface area contributed by atoms with Gasteiger partial charge in [-0.25, -0.2) is 4.79 Å². The van der Waals surface area contributed by atoms with Crippen molar-refractivity contribution in [2.45, 2.75) is 45.8 Å². The largest absolute Gasteiger partial charge is 0.444 e. The molecule has 0 aliphatic rings. The molecule has 0 bridgehead atoms. The van der Waals surface area contributed by atoms with Crippen LogP contribution in [0.1, 0.15) is 32.2 Å². The minimum absolute atomic E-state index is 0.158. The van der Waals surface area contributed by atoms with E-state index in [0.29, 0.717) is 6.42 Å². The van der Waals surface area contributed by atoms with Gasteiger partial charge in [-0.1, -0.05) is 6.07 Å². The number of carbonyl (C=O) groups is 1. The number of aliphatic hydroxyl groups excluding tert-OH is 1. The fraction of sp³-hybridized carbons (Fsp3) is 0.571. The van der Waals surface area contributed by atoms with Crippen molar-refractivity contribution in [3.63, 3.8) is 0 Å². The lowest BCUT2D eigenvalue weighted by Crippen LogP contribution is -2.42. The van der Waals surface area contributed by atoms with E-state index >= 15 is 0 Å². The van der Waals surface area contributed by atoms with E-state index in [1.54, 1.807) is 20.8 Å². The summed E-state index contributed by atoms with van der Waals surface area (Å²) in [5.74, 6) is 0. The van der Waals surface area contributed by atoms with Gasteiger partial charge in [0.15, 0.2) is 0 Å². The second kappa shape index (κ2) is 6.52. The molecule has 1 aromatic heterocycles. The van der Waals surface area contributed by atoms with E-state index < -0.39 is 17.7 Å². The first-order chi connectivity index (χ1) is 8.80. The standard InChI is InChI=1S/C14H22N2O3/c1-10-6-5-7-11(15-10)8-12(9-17)16-13(18)19-14(2,3)4/h5-7,12,17H,8-9H2,1-4H3,(H,16,18). The molecule has 0 saturated heterocycles. The summed E-state index contributed by atoms with van der Waals surface area (Å²) in [6, 6.07) is 5.27. The lowest BCUT2D eigenvalue weighted by Gasteiger charge is -2.22. The van der Waals surface area contributed by atoms with Crippen LogP contribution in [0.3, 0.4) is 0 Å². The van der Waals surface area contributed by atoms with Gasteiger partial charge >= 0.3 is 6.09 Å². The molecule has 1 amide bonds. The van der Waals surface area contributed by atoms with E-state index in [2.05, 4.69) is 10.3 Å². The summed E-state index contributed by atoms with van der Waals surface area (Å²) in [6.07, 6.45) is -0.0589. The van der Waals surface area contributed by atoms with Crippen molar-refractivity contribution in [2.75, 3.05) is 6.61 Å². The molecule has 5 nitrogen and oxygen atoms in total. The maximum Gasteiger partial charge on any atom is 0.407 e. The third-order valence-electron chi connectivity index (χ3n) is 2.34. The van der Waals surface area contributed by atoms with Gasteiger partial charge in [0, 0.05) is 17.8 Å². The third kappa shape index (κ3) is 6.20. The Labute approximate surface area is 114 Å². The molecule has 1 atom stereocenters. The Kier molecular flexibility index (Phi) is 5.30. The van der Waals surface area contributed by atoms with Crippen LogP contribution >= 0.6 is 0 Å². The molecule has 0 aliphatic heterocycles. The van der Waals surface area contributed by atoms with Crippen LogP contribution < -0.4 is 5.32 Å². The number of pyridine rings is 1. The summed E-state index contributed by atoms with van der Waals surface area (Å²) in [5.41, 5.74) is 1.19. The summed E-state index contributed by atoms with van der Waals surface area (Å²) in [4.78, 5) is 16.0. The van der Waals surface area contributed by atoms with Crippen LogP contribution in [0.2, 0.25) is 0 Å². The molecule has 0 aromatic carbocycles. The Balaban J connectivity index is 2.57. The SMILES string of the molecule is Cc1cccc(CC(CO)NC(=O)OC(C)(C)C)n1. The number of nitrogens with zero attached hydrogens (tertiary/aromatic N) is 1. The van der Waals surface area contributed by atoms with Crippen LogP contribution in [0.15, 0.2) is 18.2 Å². The first-order valence-corrected chi connectivity index (χ1v) is 6.33. The van der Waals surface area contributed by atoms with Crippen LogP contribution in [0.25, 0.3) is 0 Å². The molecule has 0 radical (unpaired) electrons. The van der Waals surface area contributed by atoms with Crippen molar-refractivity contribution in [1.82, 2.24) is 10.3 Å². The summed E-state index contributed by atoms with van der Waals surface area (Å²) in [7, 11) is 0. The molecule has 1 rings (SSSR count). The van der Waals surface area contributed by atoms with Crippen LogP contribution in [0, 0.1) is 6.92 Å². The molecule has 1 aromatic rings. The zero-order valence-corrected chi connectivity index (χ0v) is 11.9. The molecule has 2 N–H and O–H groups in total. The van der Waals surface area contributed by atoms with Gasteiger partial charge in [-0.3, -0.25) is 4.98 Å². The third-order valence-corrected chi connectivity index (χ3v) is 2.34. The molecule has 0 aliphatic carbocycles. The van der Waals surface area contributed by atoms with E-state index in [1.165, 1.54) is 0 Å². The summed E-state index contributed by atoms with van der Waals surface area (Å²) in [5, 5.41) is 11.9. The van der Waals surface area contributed by atoms with Crippen LogP contribution in [-0.4, -0.2) is 34.4 Å². The Bertz CT molecular complexity index is 427. The van der Waals surface area contributed by atoms with Crippen molar-refractivity contribution in [3.8, 4) is 0 Å². The monoisotopic (exact) mass is 266 g/mol. The number of rotatable bonds is 4. The highest BCUT2D eigenvalue weighted by Crippen LogP contribution is 2.08. The average molecular weight is 266 g/mol. The van der Waals surface area contributed by atoms with E-state index in [9.17, 15) is 9.90 Å². The van der Waals surface area contributed by atoms with Gasteiger partial charge in [-0.15, -0.1) is 0 Å². The van der Waals surface area contributed by atoms with Gasteiger partial charge in [0.1, 0.15) is 5.60 Å². The van der Waals surface area contributed by atoms with Gasteiger partial charge in [-0.05, 0) is 39.8 Å². The highest BCUT2D eigenvalue weighted by Gasteiger charge is 2.19. The number of aromatic nitrogens is 1. The predicted molar refractivity (Wildman–Crippen MR) is 72.9 cm³/mol. The average Bonchev–Trinajstić information content (AvgIpc) is 2.25. The first kappa shape index (κ1) is 15.4.